The van der Waals surface area contributed by atoms with Crippen LogP contribution in [-0.2, 0) is 57.0 Å². The highest BCUT2D eigenvalue weighted by Crippen LogP contribution is 2.13. The van der Waals surface area contributed by atoms with Crippen LogP contribution >= 0.6 is 0 Å². The maximum Gasteiger partial charge on any atom is 0.333 e. The predicted octanol–water partition coefficient (Wildman–Crippen LogP) is 6.39. The van der Waals surface area contributed by atoms with Gasteiger partial charge >= 0.3 is 11.9 Å². The lowest BCUT2D eigenvalue weighted by molar-refractivity contribution is -0.145. The van der Waals surface area contributed by atoms with Crippen molar-refractivity contribution in [2.45, 2.75) is 90.4 Å². The van der Waals surface area contributed by atoms with Crippen molar-refractivity contribution in [2.24, 2.45) is 0 Å². The summed E-state index contributed by atoms with van der Waals surface area (Å²) in [7, 11) is 0. The monoisotopic (exact) mass is 758 g/mol. The van der Waals surface area contributed by atoms with E-state index < -0.39 is 5.97 Å². The summed E-state index contributed by atoms with van der Waals surface area (Å²) in [5.41, 5.74) is 0.362. The van der Waals surface area contributed by atoms with Crippen LogP contribution in [-0.4, -0.2) is 123 Å². The minimum Gasteiger partial charge on any atom is -0.499 e. The fourth-order valence-corrected chi connectivity index (χ4v) is 4.28. The van der Waals surface area contributed by atoms with E-state index in [1.54, 1.807) is 6.92 Å². The Hall–Kier alpha value is -2.94. The Morgan fingerprint density at radius 1 is 0.396 bits per heavy atom. The number of aliphatic hydroxyl groups excluding tert-OH is 1. The Balaban J connectivity index is 3.36. The number of unbranched alkanes of at least 4 members (excludes halogenated alkanes) is 5. The molecule has 0 spiro atoms. The van der Waals surface area contributed by atoms with E-state index in [0.29, 0.717) is 97.9 Å². The highest BCUT2D eigenvalue weighted by molar-refractivity contribution is 5.86. The molecule has 0 aliphatic rings. The highest BCUT2D eigenvalue weighted by atomic mass is 16.6. The van der Waals surface area contributed by atoms with Crippen molar-refractivity contribution in [1.29, 1.82) is 0 Å². The summed E-state index contributed by atoms with van der Waals surface area (Å²) < 4.78 is 54.2. The Kier molecular flexibility index (Phi) is 36.6. The molecule has 0 unspecified atom stereocenters. The molecule has 0 aromatic carbocycles. The molecule has 13 heteroatoms. The Morgan fingerprint density at radius 3 is 1.13 bits per heavy atom. The first-order valence-corrected chi connectivity index (χ1v) is 19.2. The zero-order chi connectivity index (χ0) is 39.0. The topological polar surface area (TPSA) is 147 Å². The Bertz CT molecular complexity index is 953. The van der Waals surface area contributed by atoms with Crippen LogP contribution in [0.1, 0.15) is 90.4 Å². The van der Waals surface area contributed by atoms with Crippen LogP contribution in [0, 0.1) is 0 Å². The van der Waals surface area contributed by atoms with Crippen LogP contribution in [0.15, 0.2) is 49.2 Å². The van der Waals surface area contributed by atoms with Crippen molar-refractivity contribution in [3.05, 3.63) is 49.2 Å². The fourth-order valence-electron chi connectivity index (χ4n) is 4.28. The van der Waals surface area contributed by atoms with Gasteiger partial charge in [0.1, 0.15) is 13.2 Å². The van der Waals surface area contributed by atoms with Crippen molar-refractivity contribution >= 4 is 11.9 Å². The van der Waals surface area contributed by atoms with Gasteiger partial charge in [-0.25, -0.2) is 4.79 Å². The molecular weight excluding hydrogens is 688 g/mol. The molecule has 1 N–H and O–H groups in total. The quantitative estimate of drug-likeness (QED) is 0.0318. The summed E-state index contributed by atoms with van der Waals surface area (Å²) in [6.07, 6.45) is 10.7. The van der Waals surface area contributed by atoms with Gasteiger partial charge in [0.05, 0.1) is 103 Å². The van der Waals surface area contributed by atoms with E-state index in [1.807, 2.05) is 0 Å². The number of carbonyl (C=O) groups is 2. The zero-order valence-electron chi connectivity index (χ0n) is 32.7. The third-order valence-corrected chi connectivity index (χ3v) is 7.30. The average molecular weight is 759 g/mol. The van der Waals surface area contributed by atoms with Crippen LogP contribution in [0.4, 0.5) is 0 Å². The number of allylic oxidation sites excluding steroid dienone is 3. The van der Waals surface area contributed by atoms with Gasteiger partial charge in [-0.15, -0.1) is 0 Å². The van der Waals surface area contributed by atoms with Gasteiger partial charge in [0, 0.05) is 37.9 Å². The Labute approximate surface area is 318 Å². The number of aliphatic hydroxyl groups is 1. The van der Waals surface area contributed by atoms with Crippen molar-refractivity contribution in [1.82, 2.24) is 0 Å². The smallest absolute Gasteiger partial charge is 0.333 e. The van der Waals surface area contributed by atoms with Crippen molar-refractivity contribution in [3.8, 4) is 0 Å². The van der Waals surface area contributed by atoms with Crippen LogP contribution in [0.3, 0.4) is 0 Å². The number of hydrogen-bond acceptors (Lipinski definition) is 13. The molecule has 0 aliphatic heterocycles. The second-order valence-corrected chi connectivity index (χ2v) is 12.3. The van der Waals surface area contributed by atoms with Crippen LogP contribution in [0.5, 0.6) is 0 Å². The van der Waals surface area contributed by atoms with Gasteiger partial charge in [0.25, 0.3) is 0 Å². The summed E-state index contributed by atoms with van der Waals surface area (Å²) in [6.45, 7) is 23.6. The molecule has 13 nitrogen and oxygen atoms in total. The molecule has 0 atom stereocenters. The molecule has 0 aromatic rings. The van der Waals surface area contributed by atoms with Crippen LogP contribution in [0.25, 0.3) is 0 Å². The van der Waals surface area contributed by atoms with E-state index in [9.17, 15) is 9.59 Å². The molecular formula is C40H70O13. The summed E-state index contributed by atoms with van der Waals surface area (Å²) >= 11 is 0. The highest BCUT2D eigenvalue weighted by Gasteiger charge is 2.05. The number of carbonyl (C=O) groups excluding carboxylic acids is 2. The van der Waals surface area contributed by atoms with Crippen LogP contribution in [0.2, 0.25) is 0 Å². The number of hydrogen-bond donors (Lipinski definition) is 1. The maximum absolute atomic E-state index is 11.9. The summed E-state index contributed by atoms with van der Waals surface area (Å²) in [5.74, 6) is 1.72. The van der Waals surface area contributed by atoms with Crippen molar-refractivity contribution in [3.63, 3.8) is 0 Å². The van der Waals surface area contributed by atoms with E-state index in [-0.39, 0.29) is 25.8 Å². The standard InChI is InChI=1S/C40H70O13/c1-35(2)40(43)53-34-32-48-30-28-46-26-24-44-23-25-45-27-29-47-31-33-52-39(42)18-7-6-12-20-49-37(4)16-9-14-22-51-38(5)17-10-13-21-50-36(3)15-8-11-19-41/h41H,1,3-34H2,2H3. The minimum absolute atomic E-state index is 0.188. The second kappa shape index (κ2) is 38.8. The molecule has 53 heavy (non-hydrogen) atoms. The molecule has 0 heterocycles. The fraction of sp³-hybridized carbons (Fsp3) is 0.750. The van der Waals surface area contributed by atoms with Gasteiger partial charge in [-0.2, -0.15) is 0 Å². The zero-order valence-corrected chi connectivity index (χ0v) is 32.7. The minimum atomic E-state index is -0.421. The van der Waals surface area contributed by atoms with Crippen molar-refractivity contribution in [2.75, 3.05) is 106 Å². The third-order valence-electron chi connectivity index (χ3n) is 7.30. The molecule has 0 saturated heterocycles. The molecule has 0 saturated carbocycles. The van der Waals surface area contributed by atoms with E-state index in [4.69, 9.17) is 52.5 Å². The van der Waals surface area contributed by atoms with Gasteiger partial charge in [-0.05, 0) is 64.7 Å². The SMILES string of the molecule is C=C(CCCCO)OCCCCC(=C)OCCCCC(=C)OCCCCCC(=O)OCCOCCOCCOCCOCCOCCOC(=O)C(=C)C. The Morgan fingerprint density at radius 2 is 0.736 bits per heavy atom. The van der Waals surface area contributed by atoms with E-state index >= 15 is 0 Å². The normalized spacial score (nSPS) is 10.8. The third kappa shape index (κ3) is 38.6. The molecule has 0 bridgehead atoms. The van der Waals surface area contributed by atoms with Crippen molar-refractivity contribution < 1.29 is 62.1 Å². The van der Waals surface area contributed by atoms with E-state index in [2.05, 4.69) is 26.3 Å². The maximum atomic E-state index is 11.9. The lowest BCUT2D eigenvalue weighted by atomic mass is 10.2. The van der Waals surface area contributed by atoms with Gasteiger partial charge in [0.15, 0.2) is 0 Å². The molecule has 308 valence electrons. The summed E-state index contributed by atoms with van der Waals surface area (Å²) in [5, 5.41) is 8.82. The number of ether oxygens (including phenoxy) is 10. The van der Waals surface area contributed by atoms with E-state index in [1.165, 1.54) is 0 Å². The van der Waals surface area contributed by atoms with Gasteiger partial charge < -0.3 is 52.5 Å². The van der Waals surface area contributed by atoms with Gasteiger partial charge in [0.2, 0.25) is 0 Å². The summed E-state index contributed by atoms with van der Waals surface area (Å²) in [6, 6.07) is 0. The first-order valence-electron chi connectivity index (χ1n) is 19.2. The van der Waals surface area contributed by atoms with Gasteiger partial charge in [-0.3, -0.25) is 4.79 Å². The second-order valence-electron chi connectivity index (χ2n) is 12.3. The number of rotatable bonds is 42. The van der Waals surface area contributed by atoms with E-state index in [0.717, 1.165) is 94.3 Å². The molecule has 0 aliphatic carbocycles. The molecule has 0 radical (unpaired) electrons. The predicted molar refractivity (Wildman–Crippen MR) is 203 cm³/mol. The van der Waals surface area contributed by atoms with Gasteiger partial charge in [-0.1, -0.05) is 26.3 Å². The number of esters is 2. The summed E-state index contributed by atoms with van der Waals surface area (Å²) in [4.78, 5) is 23.1. The van der Waals surface area contributed by atoms with Crippen LogP contribution < -0.4 is 0 Å². The average Bonchev–Trinajstić information content (AvgIpc) is 3.13. The first-order chi connectivity index (χ1) is 25.8. The molecule has 0 amide bonds. The lowest BCUT2D eigenvalue weighted by Crippen LogP contribution is -2.15. The molecule has 0 rings (SSSR count). The largest absolute Gasteiger partial charge is 0.499 e. The molecule has 0 aromatic heterocycles. The first kappa shape index (κ1) is 50.1. The lowest BCUT2D eigenvalue weighted by Gasteiger charge is -2.11. The molecule has 0 fully saturated rings.